The SMILES string of the molecule is CCN(CC)C(=O)c1cccc2ccnn12. The molecule has 2 rings (SSSR count). The summed E-state index contributed by atoms with van der Waals surface area (Å²) in [5.41, 5.74) is 1.56. The van der Waals surface area contributed by atoms with E-state index in [0.717, 1.165) is 5.52 Å². The molecule has 0 saturated carbocycles. The van der Waals surface area contributed by atoms with Crippen LogP contribution in [0.2, 0.25) is 0 Å². The molecule has 4 nitrogen and oxygen atoms in total. The van der Waals surface area contributed by atoms with Crippen molar-refractivity contribution in [2.45, 2.75) is 13.8 Å². The van der Waals surface area contributed by atoms with E-state index in [9.17, 15) is 4.79 Å². The fourth-order valence-corrected chi connectivity index (χ4v) is 1.78. The molecule has 0 N–H and O–H groups in total. The van der Waals surface area contributed by atoms with Crippen molar-refractivity contribution in [3.05, 3.63) is 36.2 Å². The van der Waals surface area contributed by atoms with Gasteiger partial charge < -0.3 is 4.90 Å². The van der Waals surface area contributed by atoms with Gasteiger partial charge in [0.25, 0.3) is 5.91 Å². The van der Waals surface area contributed by atoms with Crippen LogP contribution in [0.4, 0.5) is 0 Å². The van der Waals surface area contributed by atoms with Gasteiger partial charge in [-0.2, -0.15) is 5.10 Å². The van der Waals surface area contributed by atoms with E-state index in [0.29, 0.717) is 18.8 Å². The lowest BCUT2D eigenvalue weighted by Crippen LogP contribution is -2.31. The largest absolute Gasteiger partial charge is 0.338 e. The molecule has 0 spiro atoms. The quantitative estimate of drug-likeness (QED) is 0.786. The van der Waals surface area contributed by atoms with Crippen molar-refractivity contribution in [1.82, 2.24) is 14.5 Å². The second-order valence-electron chi connectivity index (χ2n) is 3.56. The van der Waals surface area contributed by atoms with E-state index in [1.165, 1.54) is 0 Å². The van der Waals surface area contributed by atoms with Crippen LogP contribution in [0.15, 0.2) is 30.5 Å². The highest BCUT2D eigenvalue weighted by atomic mass is 16.2. The van der Waals surface area contributed by atoms with Crippen LogP contribution in [0, 0.1) is 0 Å². The van der Waals surface area contributed by atoms with Crippen LogP contribution < -0.4 is 0 Å². The van der Waals surface area contributed by atoms with Crippen LogP contribution in [0.1, 0.15) is 24.3 Å². The van der Waals surface area contributed by atoms with E-state index in [1.807, 2.05) is 32.0 Å². The zero-order chi connectivity index (χ0) is 11.5. The Kier molecular flexibility index (Phi) is 2.90. The van der Waals surface area contributed by atoms with Crippen LogP contribution in [0.3, 0.4) is 0 Å². The molecule has 0 unspecified atom stereocenters. The molecule has 2 aromatic heterocycles. The summed E-state index contributed by atoms with van der Waals surface area (Å²) in [4.78, 5) is 14.0. The first-order valence-corrected chi connectivity index (χ1v) is 5.50. The Labute approximate surface area is 94.5 Å². The second-order valence-corrected chi connectivity index (χ2v) is 3.56. The maximum atomic E-state index is 12.2. The van der Waals surface area contributed by atoms with Crippen molar-refractivity contribution in [2.75, 3.05) is 13.1 Å². The standard InChI is InChI=1S/C12H15N3O/c1-3-14(4-2)12(16)11-7-5-6-10-8-9-13-15(10)11/h5-9H,3-4H2,1-2H3. The average molecular weight is 217 g/mol. The summed E-state index contributed by atoms with van der Waals surface area (Å²) in [5, 5.41) is 4.16. The average Bonchev–Trinajstić information content (AvgIpc) is 2.78. The number of pyridine rings is 1. The third kappa shape index (κ3) is 1.66. The number of carbonyl (C=O) groups excluding carboxylic acids is 1. The predicted octanol–water partition coefficient (Wildman–Crippen LogP) is 1.82. The molecule has 0 aliphatic heterocycles. The fourth-order valence-electron chi connectivity index (χ4n) is 1.78. The first-order chi connectivity index (χ1) is 7.77. The number of rotatable bonds is 3. The molecule has 4 heteroatoms. The zero-order valence-electron chi connectivity index (χ0n) is 9.55. The molecule has 0 radical (unpaired) electrons. The molecule has 0 atom stereocenters. The number of hydrogen-bond donors (Lipinski definition) is 0. The van der Waals surface area contributed by atoms with Gasteiger partial charge in [0.15, 0.2) is 0 Å². The van der Waals surface area contributed by atoms with E-state index in [2.05, 4.69) is 5.10 Å². The number of fused-ring (bicyclic) bond motifs is 1. The molecule has 0 aliphatic rings. The zero-order valence-corrected chi connectivity index (χ0v) is 9.55. The van der Waals surface area contributed by atoms with Gasteiger partial charge in [-0.15, -0.1) is 0 Å². The van der Waals surface area contributed by atoms with Crippen LogP contribution in [-0.2, 0) is 0 Å². The molecule has 0 aromatic carbocycles. The third-order valence-corrected chi connectivity index (χ3v) is 2.69. The Hall–Kier alpha value is -1.84. The van der Waals surface area contributed by atoms with Gasteiger partial charge in [0.1, 0.15) is 5.69 Å². The summed E-state index contributed by atoms with van der Waals surface area (Å²) in [7, 11) is 0. The highest BCUT2D eigenvalue weighted by molar-refractivity contribution is 5.93. The summed E-state index contributed by atoms with van der Waals surface area (Å²) in [6.07, 6.45) is 1.70. The second kappa shape index (κ2) is 4.35. The molecule has 2 aromatic rings. The van der Waals surface area contributed by atoms with E-state index in [-0.39, 0.29) is 5.91 Å². The van der Waals surface area contributed by atoms with Gasteiger partial charge >= 0.3 is 0 Å². The minimum absolute atomic E-state index is 0.0271. The van der Waals surface area contributed by atoms with Crippen LogP contribution in [-0.4, -0.2) is 33.5 Å². The molecule has 0 saturated heterocycles. The first kappa shape index (κ1) is 10.7. The summed E-state index contributed by atoms with van der Waals surface area (Å²) in [6.45, 7) is 5.38. The maximum absolute atomic E-state index is 12.2. The van der Waals surface area contributed by atoms with Crippen molar-refractivity contribution >= 4 is 11.4 Å². The number of nitrogens with zero attached hydrogens (tertiary/aromatic N) is 3. The van der Waals surface area contributed by atoms with Crippen molar-refractivity contribution in [1.29, 1.82) is 0 Å². The van der Waals surface area contributed by atoms with E-state index >= 15 is 0 Å². The van der Waals surface area contributed by atoms with Gasteiger partial charge in [0.2, 0.25) is 0 Å². The van der Waals surface area contributed by atoms with E-state index in [1.54, 1.807) is 21.7 Å². The van der Waals surface area contributed by atoms with Crippen molar-refractivity contribution in [3.63, 3.8) is 0 Å². The molecular formula is C12H15N3O. The molecule has 0 fully saturated rings. The van der Waals surface area contributed by atoms with Crippen LogP contribution in [0.25, 0.3) is 5.52 Å². The highest BCUT2D eigenvalue weighted by Crippen LogP contribution is 2.09. The lowest BCUT2D eigenvalue weighted by molar-refractivity contribution is 0.0764. The lowest BCUT2D eigenvalue weighted by Gasteiger charge is -2.18. The molecular weight excluding hydrogens is 202 g/mol. The summed E-state index contributed by atoms with van der Waals surface area (Å²) in [6, 6.07) is 7.51. The van der Waals surface area contributed by atoms with Crippen molar-refractivity contribution < 1.29 is 4.79 Å². The van der Waals surface area contributed by atoms with Crippen LogP contribution in [0.5, 0.6) is 0 Å². The summed E-state index contributed by atoms with van der Waals surface area (Å²) >= 11 is 0. The normalized spacial score (nSPS) is 10.6. The molecule has 0 bridgehead atoms. The molecule has 16 heavy (non-hydrogen) atoms. The van der Waals surface area contributed by atoms with E-state index < -0.39 is 0 Å². The highest BCUT2D eigenvalue weighted by Gasteiger charge is 2.15. The Morgan fingerprint density at radius 2 is 2.06 bits per heavy atom. The Morgan fingerprint density at radius 1 is 1.31 bits per heavy atom. The number of carbonyl (C=O) groups is 1. The molecule has 2 heterocycles. The van der Waals surface area contributed by atoms with E-state index in [4.69, 9.17) is 0 Å². The van der Waals surface area contributed by atoms with Gasteiger partial charge in [0, 0.05) is 13.1 Å². The van der Waals surface area contributed by atoms with Crippen molar-refractivity contribution in [2.24, 2.45) is 0 Å². The monoisotopic (exact) mass is 217 g/mol. The van der Waals surface area contributed by atoms with Crippen molar-refractivity contribution in [3.8, 4) is 0 Å². The van der Waals surface area contributed by atoms with Gasteiger partial charge in [-0.25, -0.2) is 4.52 Å². The lowest BCUT2D eigenvalue weighted by atomic mass is 10.3. The topological polar surface area (TPSA) is 37.6 Å². The first-order valence-electron chi connectivity index (χ1n) is 5.50. The summed E-state index contributed by atoms with van der Waals surface area (Å²) in [5.74, 6) is 0.0271. The number of amides is 1. The Bertz CT molecular complexity index is 500. The predicted molar refractivity (Wildman–Crippen MR) is 62.4 cm³/mol. The maximum Gasteiger partial charge on any atom is 0.272 e. The summed E-state index contributed by atoms with van der Waals surface area (Å²) < 4.78 is 1.68. The van der Waals surface area contributed by atoms with Gasteiger partial charge in [-0.3, -0.25) is 4.79 Å². The number of hydrogen-bond acceptors (Lipinski definition) is 2. The minimum atomic E-state index is 0.0271. The minimum Gasteiger partial charge on any atom is -0.338 e. The van der Waals surface area contributed by atoms with Gasteiger partial charge in [-0.05, 0) is 32.0 Å². The van der Waals surface area contributed by atoms with Crippen LogP contribution >= 0.6 is 0 Å². The number of aromatic nitrogens is 2. The van der Waals surface area contributed by atoms with Gasteiger partial charge in [-0.1, -0.05) is 6.07 Å². The molecule has 1 amide bonds. The smallest absolute Gasteiger partial charge is 0.272 e. The van der Waals surface area contributed by atoms with Gasteiger partial charge in [0.05, 0.1) is 11.7 Å². The Balaban J connectivity index is 2.46. The fraction of sp³-hybridized carbons (Fsp3) is 0.333. The molecule has 0 aliphatic carbocycles. The third-order valence-electron chi connectivity index (χ3n) is 2.69. The molecule has 84 valence electrons. The Morgan fingerprint density at radius 3 is 2.75 bits per heavy atom.